The molecule has 4 aromatic rings. The topological polar surface area (TPSA) is 77.0 Å². The fourth-order valence-corrected chi connectivity index (χ4v) is 4.22. The minimum atomic E-state index is -0.236. The SMILES string of the molecule is Cc1nc(COc2ccc(Cl)cc2)sc1C(=O)Nc1nc(-c2ccccn2)cs1. The molecule has 3 heterocycles. The molecule has 0 saturated carbocycles. The van der Waals surface area contributed by atoms with Gasteiger partial charge in [0.15, 0.2) is 5.13 Å². The molecule has 0 bridgehead atoms. The molecule has 0 saturated heterocycles. The molecule has 1 aromatic carbocycles. The van der Waals surface area contributed by atoms with Gasteiger partial charge in [0.2, 0.25) is 0 Å². The first-order valence-corrected chi connectivity index (χ1v) is 10.7. The van der Waals surface area contributed by atoms with Gasteiger partial charge in [-0.05, 0) is 43.3 Å². The first-order valence-electron chi connectivity index (χ1n) is 8.61. The molecule has 29 heavy (non-hydrogen) atoms. The van der Waals surface area contributed by atoms with Crippen LogP contribution in [0, 0.1) is 6.92 Å². The van der Waals surface area contributed by atoms with Crippen LogP contribution in [0.1, 0.15) is 20.4 Å². The number of hydrogen-bond donors (Lipinski definition) is 1. The minimum absolute atomic E-state index is 0.236. The maximum atomic E-state index is 12.7. The van der Waals surface area contributed by atoms with Gasteiger partial charge in [-0.25, -0.2) is 9.97 Å². The van der Waals surface area contributed by atoms with Crippen molar-refractivity contribution in [2.24, 2.45) is 0 Å². The average molecular weight is 443 g/mol. The van der Waals surface area contributed by atoms with Crippen LogP contribution < -0.4 is 10.1 Å². The Morgan fingerprint density at radius 2 is 1.97 bits per heavy atom. The Morgan fingerprint density at radius 3 is 2.72 bits per heavy atom. The number of carbonyl (C=O) groups is 1. The molecule has 0 aliphatic carbocycles. The number of nitrogens with zero attached hydrogens (tertiary/aromatic N) is 3. The van der Waals surface area contributed by atoms with E-state index in [0.29, 0.717) is 26.5 Å². The zero-order valence-corrected chi connectivity index (χ0v) is 17.6. The molecule has 0 aliphatic heterocycles. The van der Waals surface area contributed by atoms with Crippen LogP contribution in [0.3, 0.4) is 0 Å². The molecule has 4 rings (SSSR count). The van der Waals surface area contributed by atoms with E-state index >= 15 is 0 Å². The molecule has 3 aromatic heterocycles. The Hall–Kier alpha value is -2.81. The highest BCUT2D eigenvalue weighted by atomic mass is 35.5. The van der Waals surface area contributed by atoms with Crippen molar-refractivity contribution in [3.8, 4) is 17.1 Å². The van der Waals surface area contributed by atoms with Gasteiger partial charge >= 0.3 is 0 Å². The average Bonchev–Trinajstić information content (AvgIpc) is 3.35. The monoisotopic (exact) mass is 442 g/mol. The summed E-state index contributed by atoms with van der Waals surface area (Å²) < 4.78 is 5.71. The number of anilines is 1. The summed E-state index contributed by atoms with van der Waals surface area (Å²) in [4.78, 5) is 26.3. The summed E-state index contributed by atoms with van der Waals surface area (Å²) in [5.74, 6) is 0.456. The summed E-state index contributed by atoms with van der Waals surface area (Å²) >= 11 is 8.53. The molecule has 0 aliphatic rings. The van der Waals surface area contributed by atoms with E-state index in [2.05, 4.69) is 20.3 Å². The number of benzene rings is 1. The zero-order valence-electron chi connectivity index (χ0n) is 15.3. The van der Waals surface area contributed by atoms with Crippen molar-refractivity contribution in [2.45, 2.75) is 13.5 Å². The quantitative estimate of drug-likeness (QED) is 0.429. The van der Waals surface area contributed by atoms with Crippen LogP contribution in [0.5, 0.6) is 5.75 Å². The number of nitrogens with one attached hydrogen (secondary N) is 1. The Morgan fingerprint density at radius 1 is 1.14 bits per heavy atom. The lowest BCUT2D eigenvalue weighted by Gasteiger charge is -2.03. The zero-order chi connectivity index (χ0) is 20.2. The van der Waals surface area contributed by atoms with Gasteiger partial charge in [-0.3, -0.25) is 15.1 Å². The van der Waals surface area contributed by atoms with Gasteiger partial charge in [-0.1, -0.05) is 17.7 Å². The predicted octanol–water partition coefficient (Wildman–Crippen LogP) is 5.45. The van der Waals surface area contributed by atoms with Crippen molar-refractivity contribution in [3.05, 3.63) is 74.6 Å². The van der Waals surface area contributed by atoms with Gasteiger partial charge in [0, 0.05) is 16.6 Å². The van der Waals surface area contributed by atoms with E-state index in [1.54, 1.807) is 37.4 Å². The number of carbonyl (C=O) groups excluding carboxylic acids is 1. The second-order valence-electron chi connectivity index (χ2n) is 5.97. The Kier molecular flexibility index (Phi) is 5.84. The maximum Gasteiger partial charge on any atom is 0.269 e. The molecule has 1 N–H and O–H groups in total. The van der Waals surface area contributed by atoms with E-state index < -0.39 is 0 Å². The van der Waals surface area contributed by atoms with Crippen molar-refractivity contribution in [2.75, 3.05) is 5.32 Å². The lowest BCUT2D eigenvalue weighted by atomic mass is 10.3. The van der Waals surface area contributed by atoms with E-state index in [9.17, 15) is 4.79 Å². The van der Waals surface area contributed by atoms with Gasteiger partial charge < -0.3 is 4.74 Å². The smallest absolute Gasteiger partial charge is 0.269 e. The number of thiazole rings is 2. The van der Waals surface area contributed by atoms with Crippen LogP contribution in [0.4, 0.5) is 5.13 Å². The summed E-state index contributed by atoms with van der Waals surface area (Å²) in [6, 6.07) is 12.7. The van der Waals surface area contributed by atoms with Crippen LogP contribution in [-0.4, -0.2) is 20.9 Å². The molecule has 0 radical (unpaired) electrons. The lowest BCUT2D eigenvalue weighted by Crippen LogP contribution is -2.11. The van der Waals surface area contributed by atoms with Crippen molar-refractivity contribution >= 4 is 45.3 Å². The largest absolute Gasteiger partial charge is 0.486 e. The highest BCUT2D eigenvalue weighted by Crippen LogP contribution is 2.26. The van der Waals surface area contributed by atoms with E-state index in [0.717, 1.165) is 16.4 Å². The molecule has 0 unspecified atom stereocenters. The molecular formula is C20H15ClN4O2S2. The normalized spacial score (nSPS) is 10.7. The summed E-state index contributed by atoms with van der Waals surface area (Å²) in [6.07, 6.45) is 1.71. The van der Waals surface area contributed by atoms with Gasteiger partial charge in [0.05, 0.1) is 11.4 Å². The second-order valence-corrected chi connectivity index (χ2v) is 8.35. The lowest BCUT2D eigenvalue weighted by molar-refractivity contribution is 0.103. The fourth-order valence-electron chi connectivity index (χ4n) is 2.52. The molecule has 1 amide bonds. The van der Waals surface area contributed by atoms with Gasteiger partial charge in [-0.2, -0.15) is 0 Å². The third kappa shape index (κ3) is 4.79. The van der Waals surface area contributed by atoms with Crippen molar-refractivity contribution in [1.29, 1.82) is 0 Å². The van der Waals surface area contributed by atoms with Crippen molar-refractivity contribution < 1.29 is 9.53 Å². The number of ether oxygens (including phenoxy) is 1. The Balaban J connectivity index is 1.41. The standard InChI is InChI=1S/C20H15ClN4O2S2/c1-12-18(29-17(23-12)10-27-14-7-5-13(21)6-8-14)19(26)25-20-24-16(11-28-20)15-4-2-3-9-22-15/h2-9,11H,10H2,1H3,(H,24,25,26). The van der Waals surface area contributed by atoms with E-state index in [1.165, 1.54) is 22.7 Å². The molecule has 0 atom stereocenters. The van der Waals surface area contributed by atoms with Crippen LogP contribution >= 0.6 is 34.3 Å². The minimum Gasteiger partial charge on any atom is -0.486 e. The molecular weight excluding hydrogens is 428 g/mol. The van der Waals surface area contributed by atoms with Crippen LogP contribution in [0.2, 0.25) is 5.02 Å². The number of rotatable bonds is 6. The number of pyridine rings is 1. The fraction of sp³-hybridized carbons (Fsp3) is 0.100. The summed E-state index contributed by atoms with van der Waals surface area (Å²) in [7, 11) is 0. The number of halogens is 1. The third-order valence-corrected chi connectivity index (χ3v) is 6.01. The van der Waals surface area contributed by atoms with Gasteiger partial charge in [-0.15, -0.1) is 22.7 Å². The van der Waals surface area contributed by atoms with Crippen LogP contribution in [-0.2, 0) is 6.61 Å². The molecule has 0 fully saturated rings. The molecule has 6 nitrogen and oxygen atoms in total. The van der Waals surface area contributed by atoms with Gasteiger partial charge in [0.25, 0.3) is 5.91 Å². The van der Waals surface area contributed by atoms with Crippen molar-refractivity contribution in [1.82, 2.24) is 15.0 Å². The van der Waals surface area contributed by atoms with Crippen LogP contribution in [0.15, 0.2) is 54.0 Å². The van der Waals surface area contributed by atoms with E-state index in [1.807, 2.05) is 23.6 Å². The Bertz CT molecular complexity index is 1130. The van der Waals surface area contributed by atoms with Gasteiger partial charge in [0.1, 0.15) is 27.9 Å². The number of hydrogen-bond acceptors (Lipinski definition) is 7. The first-order chi connectivity index (χ1) is 14.1. The molecule has 9 heteroatoms. The van der Waals surface area contributed by atoms with Crippen LogP contribution in [0.25, 0.3) is 11.4 Å². The molecule has 146 valence electrons. The summed E-state index contributed by atoms with van der Waals surface area (Å²) in [5.41, 5.74) is 2.15. The highest BCUT2D eigenvalue weighted by molar-refractivity contribution is 7.15. The number of aryl methyl sites for hydroxylation is 1. The van der Waals surface area contributed by atoms with E-state index in [-0.39, 0.29) is 12.5 Å². The van der Waals surface area contributed by atoms with E-state index in [4.69, 9.17) is 16.3 Å². The number of amides is 1. The second kappa shape index (κ2) is 8.69. The molecule has 0 spiro atoms. The maximum absolute atomic E-state index is 12.7. The third-order valence-electron chi connectivity index (χ3n) is 3.88. The summed E-state index contributed by atoms with van der Waals surface area (Å²) in [5, 5.41) is 6.58. The summed E-state index contributed by atoms with van der Waals surface area (Å²) in [6.45, 7) is 2.08. The first kappa shape index (κ1) is 19.5. The predicted molar refractivity (Wildman–Crippen MR) is 116 cm³/mol. The number of aromatic nitrogens is 3. The van der Waals surface area contributed by atoms with Crippen molar-refractivity contribution in [3.63, 3.8) is 0 Å². The Labute approximate surface area is 180 Å². The highest BCUT2D eigenvalue weighted by Gasteiger charge is 2.17.